The maximum absolute atomic E-state index is 12.2. The van der Waals surface area contributed by atoms with E-state index in [0.29, 0.717) is 10.1 Å². The molecule has 0 atom stereocenters. The molecule has 1 heterocycles. The van der Waals surface area contributed by atoms with Crippen molar-refractivity contribution in [1.82, 2.24) is 4.57 Å². The molecule has 115 valence electrons. The van der Waals surface area contributed by atoms with Crippen LogP contribution in [0.2, 0.25) is 0 Å². The second-order valence-electron chi connectivity index (χ2n) is 4.56. The number of benzene rings is 1. The quantitative estimate of drug-likeness (QED) is 0.370. The summed E-state index contributed by atoms with van der Waals surface area (Å²) in [5.74, 6) is 0.744. The molecule has 0 unspecified atom stereocenters. The number of hydrogen-bond donors (Lipinski definition) is 0. The molecule has 22 heavy (non-hydrogen) atoms. The van der Waals surface area contributed by atoms with Crippen LogP contribution in [0.3, 0.4) is 0 Å². The standard InChI is InChI=1S/C16H17INO3.Y/c1-4-18-15(8-7-14(17)16(18)19)13-6-5-12(9-11(13)2)21-10-20-3;/h5-7,9H,4,10H2,1-3H3;/q-1;. The van der Waals surface area contributed by atoms with E-state index >= 15 is 0 Å². The second-order valence-corrected chi connectivity index (χ2v) is 5.72. The van der Waals surface area contributed by atoms with Crippen LogP contribution in [0.5, 0.6) is 5.75 Å². The molecule has 0 spiro atoms. The summed E-state index contributed by atoms with van der Waals surface area (Å²) in [5, 5.41) is 0. The molecular formula is C16H17INO3Y-. The first-order chi connectivity index (χ1) is 10.1. The topological polar surface area (TPSA) is 40.5 Å². The third-order valence-electron chi connectivity index (χ3n) is 3.17. The zero-order chi connectivity index (χ0) is 15.4. The number of pyridine rings is 1. The van der Waals surface area contributed by atoms with Crippen LogP contribution < -0.4 is 10.3 Å². The molecule has 0 saturated carbocycles. The molecule has 1 radical (unpaired) electrons. The first-order valence-electron chi connectivity index (χ1n) is 6.62. The maximum Gasteiger partial charge on any atom is 0.207 e. The van der Waals surface area contributed by atoms with Crippen LogP contribution in [-0.2, 0) is 44.0 Å². The first kappa shape index (κ1) is 19.8. The van der Waals surface area contributed by atoms with Crippen molar-refractivity contribution in [2.45, 2.75) is 20.4 Å². The largest absolute Gasteiger partial charge is 0.468 e. The summed E-state index contributed by atoms with van der Waals surface area (Å²) in [5.41, 5.74) is 2.84. The number of hydrogen-bond acceptors (Lipinski definition) is 3. The summed E-state index contributed by atoms with van der Waals surface area (Å²) >= 11 is 2.04. The van der Waals surface area contributed by atoms with Gasteiger partial charge in [-0.2, -0.15) is 12.1 Å². The van der Waals surface area contributed by atoms with E-state index < -0.39 is 0 Å². The van der Waals surface area contributed by atoms with Gasteiger partial charge in [-0.25, -0.2) is 0 Å². The van der Waals surface area contributed by atoms with Crippen LogP contribution in [0.25, 0.3) is 11.3 Å². The van der Waals surface area contributed by atoms with Gasteiger partial charge in [-0.3, -0.25) is 4.79 Å². The van der Waals surface area contributed by atoms with Gasteiger partial charge < -0.3 is 14.0 Å². The number of rotatable bonds is 5. The minimum atomic E-state index is 0. The van der Waals surface area contributed by atoms with Crippen LogP contribution in [0.1, 0.15) is 12.5 Å². The van der Waals surface area contributed by atoms with Crippen LogP contribution in [0, 0.1) is 16.6 Å². The molecule has 0 fully saturated rings. The van der Waals surface area contributed by atoms with Crippen molar-refractivity contribution in [2.24, 2.45) is 0 Å². The Morgan fingerprint density at radius 3 is 2.68 bits per heavy atom. The zero-order valence-electron chi connectivity index (χ0n) is 12.9. The molecule has 0 aliphatic heterocycles. The van der Waals surface area contributed by atoms with E-state index in [4.69, 9.17) is 9.47 Å². The minimum Gasteiger partial charge on any atom is -0.468 e. The predicted molar refractivity (Wildman–Crippen MR) is 90.6 cm³/mol. The Hall–Kier alpha value is -0.236. The number of aryl methyl sites for hydroxylation is 1. The van der Waals surface area contributed by atoms with Gasteiger partial charge in [-0.05, 0) is 22.6 Å². The number of aromatic nitrogens is 1. The van der Waals surface area contributed by atoms with E-state index in [-0.39, 0.29) is 45.1 Å². The van der Waals surface area contributed by atoms with Crippen molar-refractivity contribution >= 4 is 22.6 Å². The molecule has 0 N–H and O–H groups in total. The van der Waals surface area contributed by atoms with E-state index in [0.717, 1.165) is 22.6 Å². The van der Waals surface area contributed by atoms with Crippen molar-refractivity contribution in [3.63, 3.8) is 0 Å². The van der Waals surface area contributed by atoms with Crippen molar-refractivity contribution in [2.75, 3.05) is 13.9 Å². The van der Waals surface area contributed by atoms with Gasteiger partial charge in [0.05, 0.1) is 0 Å². The van der Waals surface area contributed by atoms with Gasteiger partial charge in [0.1, 0.15) is 5.75 Å². The van der Waals surface area contributed by atoms with Crippen molar-refractivity contribution in [1.29, 1.82) is 0 Å². The zero-order valence-corrected chi connectivity index (χ0v) is 17.8. The van der Waals surface area contributed by atoms with E-state index in [9.17, 15) is 4.79 Å². The average molecular weight is 487 g/mol. The minimum absolute atomic E-state index is 0. The molecular weight excluding hydrogens is 470 g/mol. The fraction of sp³-hybridized carbons (Fsp3) is 0.312. The van der Waals surface area contributed by atoms with Gasteiger partial charge in [0, 0.05) is 46.4 Å². The maximum atomic E-state index is 12.2. The van der Waals surface area contributed by atoms with Crippen molar-refractivity contribution in [3.05, 3.63) is 49.8 Å². The molecule has 0 aliphatic rings. The molecule has 2 rings (SSSR count). The number of ether oxygens (including phenoxy) is 2. The molecule has 1 aromatic carbocycles. The summed E-state index contributed by atoms with van der Waals surface area (Å²) in [7, 11) is 1.59. The number of methoxy groups -OCH3 is 1. The monoisotopic (exact) mass is 487 g/mol. The molecule has 0 saturated heterocycles. The van der Waals surface area contributed by atoms with Crippen molar-refractivity contribution < 1.29 is 42.2 Å². The third kappa shape index (κ3) is 4.40. The molecule has 0 aliphatic carbocycles. The van der Waals surface area contributed by atoms with Gasteiger partial charge in [0.15, 0.2) is 6.79 Å². The smallest absolute Gasteiger partial charge is 0.207 e. The van der Waals surface area contributed by atoms with Gasteiger partial charge in [-0.15, -0.1) is 28.7 Å². The number of nitrogens with zero attached hydrogens (tertiary/aromatic N) is 1. The van der Waals surface area contributed by atoms with Gasteiger partial charge in [-0.1, -0.05) is 23.7 Å². The Kier molecular flexibility index (Phi) is 8.24. The van der Waals surface area contributed by atoms with Gasteiger partial charge in [0.25, 0.3) is 0 Å². The van der Waals surface area contributed by atoms with E-state index in [1.807, 2.05) is 54.6 Å². The van der Waals surface area contributed by atoms with Gasteiger partial charge in [0.2, 0.25) is 5.56 Å². The summed E-state index contributed by atoms with van der Waals surface area (Å²) in [4.78, 5) is 12.2. The number of halogens is 1. The molecule has 1 aromatic heterocycles. The molecule has 0 bridgehead atoms. The van der Waals surface area contributed by atoms with Crippen LogP contribution >= 0.6 is 22.6 Å². The van der Waals surface area contributed by atoms with Crippen LogP contribution in [0.4, 0.5) is 0 Å². The van der Waals surface area contributed by atoms with Crippen molar-refractivity contribution in [3.8, 4) is 17.0 Å². The van der Waals surface area contributed by atoms with Gasteiger partial charge >= 0.3 is 0 Å². The summed E-state index contributed by atoms with van der Waals surface area (Å²) in [6.07, 6.45) is 0. The molecule has 4 nitrogen and oxygen atoms in total. The molecule has 2 aromatic rings. The Morgan fingerprint density at radius 2 is 2.09 bits per heavy atom. The summed E-state index contributed by atoms with van der Waals surface area (Å²) in [6.45, 7) is 4.78. The van der Waals surface area contributed by atoms with E-state index in [1.165, 1.54) is 0 Å². The summed E-state index contributed by atoms with van der Waals surface area (Å²) < 4.78 is 12.7. The Bertz CT molecular complexity index is 700. The Morgan fingerprint density at radius 1 is 1.36 bits per heavy atom. The van der Waals surface area contributed by atoms with Crippen LogP contribution in [0.15, 0.2) is 29.1 Å². The second kappa shape index (κ2) is 9.16. The first-order valence-corrected chi connectivity index (χ1v) is 7.70. The third-order valence-corrected chi connectivity index (χ3v) is 3.94. The predicted octanol–water partition coefficient (Wildman–Crippen LogP) is 3.23. The van der Waals surface area contributed by atoms with E-state index in [1.54, 1.807) is 17.7 Å². The Labute approximate surface area is 169 Å². The fourth-order valence-electron chi connectivity index (χ4n) is 2.15. The fourth-order valence-corrected chi connectivity index (χ4v) is 2.59. The molecule has 6 heteroatoms. The molecule has 0 amide bonds. The summed E-state index contributed by atoms with van der Waals surface area (Å²) in [6, 6.07) is 10.7. The SMILES string of the molecule is CCn1c(-c2ccc(OCOC)cc2C)[c-]cc(I)c1=O.[Y]. The average Bonchev–Trinajstić information content (AvgIpc) is 2.48. The normalized spacial score (nSPS) is 10.2. The Balaban J connectivity index is 0.00000242. The van der Waals surface area contributed by atoms with E-state index in [2.05, 4.69) is 6.07 Å². The van der Waals surface area contributed by atoms with Crippen LogP contribution in [-0.4, -0.2) is 18.5 Å².